The lowest BCUT2D eigenvalue weighted by Crippen LogP contribution is -2.33. The van der Waals surface area contributed by atoms with Crippen molar-refractivity contribution in [3.05, 3.63) is 93.2 Å². The third-order valence-corrected chi connectivity index (χ3v) is 5.75. The SMILES string of the molecule is Cc1nc([C@@H]2CCCN2C(=O)c2ccc(=O)n(C)c2)ncc1C(=O)NCc1ccc(F)cc1. The Kier molecular flexibility index (Phi) is 6.30. The summed E-state index contributed by atoms with van der Waals surface area (Å²) in [5, 5.41) is 2.79. The third-order valence-electron chi connectivity index (χ3n) is 5.75. The van der Waals surface area contributed by atoms with Crippen molar-refractivity contribution in [1.29, 1.82) is 0 Å². The van der Waals surface area contributed by atoms with Crippen LogP contribution < -0.4 is 10.9 Å². The van der Waals surface area contributed by atoms with Crippen LogP contribution in [0.4, 0.5) is 4.39 Å². The number of likely N-dealkylation sites (tertiary alicyclic amines) is 1. The Labute approximate surface area is 190 Å². The standard InChI is InChI=1S/C24H24FN5O3/c1-15-19(23(32)27-12-16-5-8-18(25)9-6-16)13-26-22(28-15)20-4-3-11-30(20)24(33)17-7-10-21(31)29(2)14-17/h5-10,13-14,20H,3-4,11-12H2,1-2H3,(H,27,32)/t20-/m0/s1. The molecule has 0 unspecified atom stereocenters. The summed E-state index contributed by atoms with van der Waals surface area (Å²) in [7, 11) is 1.60. The van der Waals surface area contributed by atoms with Gasteiger partial charge < -0.3 is 14.8 Å². The van der Waals surface area contributed by atoms with Crippen LogP contribution in [-0.2, 0) is 13.6 Å². The van der Waals surface area contributed by atoms with Gasteiger partial charge in [-0.15, -0.1) is 0 Å². The van der Waals surface area contributed by atoms with E-state index in [1.165, 1.54) is 41.2 Å². The van der Waals surface area contributed by atoms with Crippen LogP contribution in [0.5, 0.6) is 0 Å². The van der Waals surface area contributed by atoms with E-state index in [1.54, 1.807) is 31.0 Å². The highest BCUT2D eigenvalue weighted by Crippen LogP contribution is 2.31. The first-order valence-corrected chi connectivity index (χ1v) is 10.7. The van der Waals surface area contributed by atoms with E-state index in [0.29, 0.717) is 35.6 Å². The van der Waals surface area contributed by atoms with E-state index in [9.17, 15) is 18.8 Å². The average molecular weight is 449 g/mol. The van der Waals surface area contributed by atoms with Gasteiger partial charge in [-0.2, -0.15) is 0 Å². The Bertz CT molecular complexity index is 1260. The number of carbonyl (C=O) groups excluding carboxylic acids is 2. The molecule has 2 amide bonds. The number of rotatable bonds is 5. The first kappa shape index (κ1) is 22.3. The van der Waals surface area contributed by atoms with Gasteiger partial charge in [0.05, 0.1) is 22.9 Å². The molecule has 3 aromatic rings. The summed E-state index contributed by atoms with van der Waals surface area (Å²) < 4.78 is 14.4. The van der Waals surface area contributed by atoms with Crippen LogP contribution in [0, 0.1) is 12.7 Å². The number of benzene rings is 1. The van der Waals surface area contributed by atoms with E-state index in [2.05, 4.69) is 15.3 Å². The van der Waals surface area contributed by atoms with E-state index in [-0.39, 0.29) is 35.8 Å². The number of aromatic nitrogens is 3. The fraction of sp³-hybridized carbons (Fsp3) is 0.292. The van der Waals surface area contributed by atoms with Crippen LogP contribution in [0.3, 0.4) is 0 Å². The minimum atomic E-state index is -0.333. The largest absolute Gasteiger partial charge is 0.348 e. The van der Waals surface area contributed by atoms with Gasteiger partial charge in [-0.3, -0.25) is 14.4 Å². The van der Waals surface area contributed by atoms with Crippen LogP contribution in [0.2, 0.25) is 0 Å². The van der Waals surface area contributed by atoms with Crippen molar-refractivity contribution >= 4 is 11.8 Å². The van der Waals surface area contributed by atoms with Crippen LogP contribution in [0.15, 0.2) is 53.6 Å². The second-order valence-corrected chi connectivity index (χ2v) is 8.06. The van der Waals surface area contributed by atoms with Gasteiger partial charge in [0.25, 0.3) is 11.8 Å². The van der Waals surface area contributed by atoms with Gasteiger partial charge in [0.15, 0.2) is 5.82 Å². The molecule has 1 aromatic carbocycles. The van der Waals surface area contributed by atoms with Gasteiger partial charge in [0, 0.05) is 38.6 Å². The molecule has 1 saturated heterocycles. The highest BCUT2D eigenvalue weighted by Gasteiger charge is 2.33. The number of amides is 2. The van der Waals surface area contributed by atoms with E-state index >= 15 is 0 Å². The van der Waals surface area contributed by atoms with E-state index in [4.69, 9.17) is 0 Å². The number of hydrogen-bond donors (Lipinski definition) is 1. The topological polar surface area (TPSA) is 97.2 Å². The number of carbonyl (C=O) groups is 2. The van der Waals surface area contributed by atoms with Crippen LogP contribution >= 0.6 is 0 Å². The third kappa shape index (κ3) is 4.82. The minimum Gasteiger partial charge on any atom is -0.348 e. The first-order chi connectivity index (χ1) is 15.8. The van der Waals surface area contributed by atoms with Crippen molar-refractivity contribution in [3.63, 3.8) is 0 Å². The molecule has 1 aliphatic heterocycles. The van der Waals surface area contributed by atoms with E-state index < -0.39 is 0 Å². The molecule has 9 heteroatoms. The molecule has 0 bridgehead atoms. The predicted molar refractivity (Wildman–Crippen MR) is 119 cm³/mol. The molecule has 33 heavy (non-hydrogen) atoms. The number of pyridine rings is 1. The molecule has 1 atom stereocenters. The molecule has 0 spiro atoms. The lowest BCUT2D eigenvalue weighted by atomic mass is 10.1. The maximum absolute atomic E-state index is 13.1. The summed E-state index contributed by atoms with van der Waals surface area (Å²) >= 11 is 0. The summed E-state index contributed by atoms with van der Waals surface area (Å²) in [6.45, 7) is 2.55. The number of nitrogens with zero attached hydrogens (tertiary/aromatic N) is 4. The molecule has 0 saturated carbocycles. The van der Waals surface area contributed by atoms with Gasteiger partial charge in [0.2, 0.25) is 5.56 Å². The molecule has 2 aromatic heterocycles. The van der Waals surface area contributed by atoms with E-state index in [0.717, 1.165) is 12.0 Å². The number of hydrogen-bond acceptors (Lipinski definition) is 5. The van der Waals surface area contributed by atoms with Crippen molar-refractivity contribution in [2.45, 2.75) is 32.4 Å². The van der Waals surface area contributed by atoms with Crippen molar-refractivity contribution in [3.8, 4) is 0 Å². The van der Waals surface area contributed by atoms with Crippen LogP contribution in [0.1, 0.15) is 56.7 Å². The second kappa shape index (κ2) is 9.32. The normalized spacial score (nSPS) is 15.5. The minimum absolute atomic E-state index is 0.184. The van der Waals surface area contributed by atoms with Gasteiger partial charge >= 0.3 is 0 Å². The Morgan fingerprint density at radius 2 is 1.94 bits per heavy atom. The first-order valence-electron chi connectivity index (χ1n) is 10.7. The zero-order valence-electron chi connectivity index (χ0n) is 18.4. The fourth-order valence-corrected chi connectivity index (χ4v) is 3.91. The number of nitrogens with one attached hydrogen (secondary N) is 1. The molecule has 1 aliphatic rings. The van der Waals surface area contributed by atoms with Crippen molar-refractivity contribution in [2.75, 3.05) is 6.54 Å². The molecular weight excluding hydrogens is 425 g/mol. The zero-order chi connectivity index (χ0) is 23.5. The quantitative estimate of drug-likeness (QED) is 0.646. The molecule has 0 radical (unpaired) electrons. The lowest BCUT2D eigenvalue weighted by Gasteiger charge is -2.24. The molecule has 1 N–H and O–H groups in total. The average Bonchev–Trinajstić information content (AvgIpc) is 3.29. The lowest BCUT2D eigenvalue weighted by molar-refractivity contribution is 0.0728. The summed E-state index contributed by atoms with van der Waals surface area (Å²) in [6.07, 6.45) is 4.53. The van der Waals surface area contributed by atoms with Crippen molar-refractivity contribution < 1.29 is 14.0 Å². The van der Waals surface area contributed by atoms with Crippen molar-refractivity contribution in [1.82, 2.24) is 24.8 Å². The maximum Gasteiger partial charge on any atom is 0.255 e. The number of halogens is 1. The number of aryl methyl sites for hydroxylation is 2. The zero-order valence-corrected chi connectivity index (χ0v) is 18.4. The molecule has 4 rings (SSSR count). The van der Waals surface area contributed by atoms with Crippen LogP contribution in [-0.4, -0.2) is 37.8 Å². The maximum atomic E-state index is 13.1. The molecule has 3 heterocycles. The highest BCUT2D eigenvalue weighted by atomic mass is 19.1. The predicted octanol–water partition coefficient (Wildman–Crippen LogP) is 2.53. The Morgan fingerprint density at radius 1 is 1.18 bits per heavy atom. The summed E-state index contributed by atoms with van der Waals surface area (Å²) in [6, 6.07) is 8.50. The van der Waals surface area contributed by atoms with Gasteiger partial charge in [-0.1, -0.05) is 12.1 Å². The summed E-state index contributed by atoms with van der Waals surface area (Å²) in [4.78, 5) is 47.9. The Balaban J connectivity index is 1.48. The summed E-state index contributed by atoms with van der Waals surface area (Å²) in [5.74, 6) is -0.359. The Hall–Kier alpha value is -3.88. The van der Waals surface area contributed by atoms with Gasteiger partial charge in [0.1, 0.15) is 5.82 Å². The molecule has 1 fully saturated rings. The second-order valence-electron chi connectivity index (χ2n) is 8.06. The van der Waals surface area contributed by atoms with Crippen molar-refractivity contribution in [2.24, 2.45) is 7.05 Å². The summed E-state index contributed by atoms with van der Waals surface area (Å²) in [5.41, 5.74) is 1.88. The molecule has 0 aliphatic carbocycles. The highest BCUT2D eigenvalue weighted by molar-refractivity contribution is 5.95. The smallest absolute Gasteiger partial charge is 0.255 e. The Morgan fingerprint density at radius 3 is 2.64 bits per heavy atom. The van der Waals surface area contributed by atoms with Gasteiger partial charge in [-0.25, -0.2) is 14.4 Å². The van der Waals surface area contributed by atoms with Gasteiger partial charge in [-0.05, 0) is 43.5 Å². The van der Waals surface area contributed by atoms with Crippen LogP contribution in [0.25, 0.3) is 0 Å². The fourth-order valence-electron chi connectivity index (χ4n) is 3.91. The monoisotopic (exact) mass is 449 g/mol. The molecule has 170 valence electrons. The molecular formula is C24H24FN5O3. The van der Waals surface area contributed by atoms with E-state index in [1.807, 2.05) is 0 Å². The molecule has 8 nitrogen and oxygen atoms in total.